The van der Waals surface area contributed by atoms with Crippen LogP contribution < -0.4 is 5.32 Å². The molecular formula is C16H29N3O2. The van der Waals surface area contributed by atoms with E-state index in [0.717, 1.165) is 32.5 Å². The quantitative estimate of drug-likeness (QED) is 0.816. The number of amides is 1. The SMILES string of the molecule is O=C(CN1CCC[C@H](N2CCCC2)C1)NC[C@H]1CCCO1. The predicted octanol–water partition coefficient (Wildman–Crippen LogP) is 0.842. The molecule has 0 aliphatic carbocycles. The van der Waals surface area contributed by atoms with Gasteiger partial charge in [0.05, 0.1) is 12.6 Å². The van der Waals surface area contributed by atoms with Crippen molar-refractivity contribution in [2.24, 2.45) is 0 Å². The number of hydrogen-bond donors (Lipinski definition) is 1. The highest BCUT2D eigenvalue weighted by Gasteiger charge is 2.28. The Morgan fingerprint density at radius 3 is 2.71 bits per heavy atom. The molecule has 0 aromatic carbocycles. The van der Waals surface area contributed by atoms with Crippen molar-refractivity contribution in [2.75, 3.05) is 45.9 Å². The molecule has 3 rings (SSSR count). The Morgan fingerprint density at radius 2 is 1.95 bits per heavy atom. The molecule has 0 aromatic heterocycles. The Labute approximate surface area is 128 Å². The molecule has 1 amide bonds. The lowest BCUT2D eigenvalue weighted by molar-refractivity contribution is -0.123. The van der Waals surface area contributed by atoms with Crippen molar-refractivity contribution in [3.8, 4) is 0 Å². The molecule has 0 spiro atoms. The van der Waals surface area contributed by atoms with Crippen molar-refractivity contribution in [2.45, 2.75) is 50.7 Å². The average Bonchev–Trinajstić information content (AvgIpc) is 3.19. The zero-order valence-electron chi connectivity index (χ0n) is 13.1. The lowest BCUT2D eigenvalue weighted by Gasteiger charge is -2.37. The number of piperidine rings is 1. The summed E-state index contributed by atoms with van der Waals surface area (Å²) in [4.78, 5) is 17.0. The molecule has 0 unspecified atom stereocenters. The van der Waals surface area contributed by atoms with Gasteiger partial charge in [0, 0.05) is 25.7 Å². The number of hydrogen-bond acceptors (Lipinski definition) is 4. The zero-order chi connectivity index (χ0) is 14.5. The Bertz CT molecular complexity index is 338. The van der Waals surface area contributed by atoms with Gasteiger partial charge in [-0.25, -0.2) is 0 Å². The van der Waals surface area contributed by atoms with E-state index >= 15 is 0 Å². The van der Waals surface area contributed by atoms with Gasteiger partial charge >= 0.3 is 0 Å². The van der Waals surface area contributed by atoms with Crippen LogP contribution >= 0.6 is 0 Å². The van der Waals surface area contributed by atoms with Crippen molar-refractivity contribution in [1.82, 2.24) is 15.1 Å². The minimum absolute atomic E-state index is 0.160. The normalized spacial score (nSPS) is 31.6. The molecule has 3 aliphatic rings. The summed E-state index contributed by atoms with van der Waals surface area (Å²) in [5.74, 6) is 0.160. The summed E-state index contributed by atoms with van der Waals surface area (Å²) in [5.41, 5.74) is 0. The van der Waals surface area contributed by atoms with Crippen LogP contribution in [-0.2, 0) is 9.53 Å². The highest BCUT2D eigenvalue weighted by Crippen LogP contribution is 2.20. The average molecular weight is 295 g/mol. The van der Waals surface area contributed by atoms with Crippen molar-refractivity contribution in [3.05, 3.63) is 0 Å². The maximum absolute atomic E-state index is 12.1. The number of ether oxygens (including phenoxy) is 1. The second-order valence-electron chi connectivity index (χ2n) is 6.71. The van der Waals surface area contributed by atoms with Crippen LogP contribution in [0.5, 0.6) is 0 Å². The molecule has 2 atom stereocenters. The minimum Gasteiger partial charge on any atom is -0.376 e. The van der Waals surface area contributed by atoms with Crippen LogP contribution in [0.3, 0.4) is 0 Å². The van der Waals surface area contributed by atoms with Gasteiger partial charge in [0.2, 0.25) is 5.91 Å². The molecule has 21 heavy (non-hydrogen) atoms. The first-order chi connectivity index (χ1) is 10.3. The summed E-state index contributed by atoms with van der Waals surface area (Å²) in [6.45, 7) is 6.72. The summed E-state index contributed by atoms with van der Waals surface area (Å²) >= 11 is 0. The van der Waals surface area contributed by atoms with E-state index in [-0.39, 0.29) is 12.0 Å². The van der Waals surface area contributed by atoms with Crippen LogP contribution in [0.4, 0.5) is 0 Å². The van der Waals surface area contributed by atoms with Gasteiger partial charge < -0.3 is 10.1 Å². The van der Waals surface area contributed by atoms with Crippen LogP contribution in [0.15, 0.2) is 0 Å². The molecule has 1 N–H and O–H groups in total. The molecule has 0 bridgehead atoms. The van der Waals surface area contributed by atoms with Crippen molar-refractivity contribution in [1.29, 1.82) is 0 Å². The fourth-order valence-electron chi connectivity index (χ4n) is 3.87. The lowest BCUT2D eigenvalue weighted by Crippen LogP contribution is -2.50. The maximum atomic E-state index is 12.1. The number of nitrogens with one attached hydrogen (secondary N) is 1. The van der Waals surface area contributed by atoms with Gasteiger partial charge in [0.1, 0.15) is 0 Å². The monoisotopic (exact) mass is 295 g/mol. The number of nitrogens with zero attached hydrogens (tertiary/aromatic N) is 2. The van der Waals surface area contributed by atoms with Crippen molar-refractivity contribution >= 4 is 5.91 Å². The molecule has 120 valence electrons. The van der Waals surface area contributed by atoms with E-state index in [0.29, 0.717) is 19.1 Å². The van der Waals surface area contributed by atoms with Gasteiger partial charge in [-0.3, -0.25) is 14.6 Å². The van der Waals surface area contributed by atoms with Gasteiger partial charge in [-0.1, -0.05) is 0 Å². The second-order valence-corrected chi connectivity index (χ2v) is 6.71. The fraction of sp³-hybridized carbons (Fsp3) is 0.938. The first-order valence-electron chi connectivity index (χ1n) is 8.66. The molecule has 0 aromatic rings. The predicted molar refractivity (Wildman–Crippen MR) is 82.3 cm³/mol. The second kappa shape index (κ2) is 7.56. The molecule has 0 radical (unpaired) electrons. The Kier molecular flexibility index (Phi) is 5.49. The van der Waals surface area contributed by atoms with E-state index < -0.39 is 0 Å². The van der Waals surface area contributed by atoms with Crippen LogP contribution in [0.1, 0.15) is 38.5 Å². The van der Waals surface area contributed by atoms with Crippen LogP contribution in [0, 0.1) is 0 Å². The molecule has 3 aliphatic heterocycles. The van der Waals surface area contributed by atoms with E-state index in [9.17, 15) is 4.79 Å². The van der Waals surface area contributed by atoms with Crippen LogP contribution in [0.25, 0.3) is 0 Å². The third-order valence-corrected chi connectivity index (χ3v) is 5.06. The maximum Gasteiger partial charge on any atom is 0.234 e. The third-order valence-electron chi connectivity index (χ3n) is 5.06. The van der Waals surface area contributed by atoms with Gasteiger partial charge in [-0.05, 0) is 58.2 Å². The van der Waals surface area contributed by atoms with Gasteiger partial charge in [-0.2, -0.15) is 0 Å². The molecule has 0 saturated carbocycles. The highest BCUT2D eigenvalue weighted by molar-refractivity contribution is 5.78. The van der Waals surface area contributed by atoms with Crippen LogP contribution in [0.2, 0.25) is 0 Å². The van der Waals surface area contributed by atoms with E-state index in [1.165, 1.54) is 38.8 Å². The molecule has 3 saturated heterocycles. The van der Waals surface area contributed by atoms with E-state index in [1.807, 2.05) is 0 Å². The first-order valence-corrected chi connectivity index (χ1v) is 8.66. The van der Waals surface area contributed by atoms with Crippen LogP contribution in [-0.4, -0.2) is 73.7 Å². The summed E-state index contributed by atoms with van der Waals surface area (Å²) in [6, 6.07) is 0.673. The Balaban J connectivity index is 1.38. The summed E-state index contributed by atoms with van der Waals surface area (Å²) in [6.07, 6.45) is 7.67. The van der Waals surface area contributed by atoms with E-state index in [1.54, 1.807) is 0 Å². The molecule has 5 heteroatoms. The Morgan fingerprint density at radius 1 is 1.10 bits per heavy atom. The van der Waals surface area contributed by atoms with Crippen molar-refractivity contribution in [3.63, 3.8) is 0 Å². The molecule has 3 heterocycles. The van der Waals surface area contributed by atoms with Gasteiger partial charge in [0.25, 0.3) is 0 Å². The number of likely N-dealkylation sites (tertiary alicyclic amines) is 2. The standard InChI is InChI=1S/C16H29N3O2/c20-16(17-11-15-6-4-10-21-15)13-18-7-3-5-14(12-18)19-8-1-2-9-19/h14-15H,1-13H2,(H,17,20)/t14-,15+/m0/s1. The molecule has 5 nitrogen and oxygen atoms in total. The largest absolute Gasteiger partial charge is 0.376 e. The van der Waals surface area contributed by atoms with E-state index in [4.69, 9.17) is 4.74 Å². The fourth-order valence-corrected chi connectivity index (χ4v) is 3.87. The topological polar surface area (TPSA) is 44.8 Å². The first kappa shape index (κ1) is 15.3. The number of carbonyl (C=O) groups is 1. The number of rotatable bonds is 5. The minimum atomic E-state index is 0.160. The number of carbonyl (C=O) groups excluding carboxylic acids is 1. The zero-order valence-corrected chi connectivity index (χ0v) is 13.1. The summed E-state index contributed by atoms with van der Waals surface area (Å²) in [7, 11) is 0. The summed E-state index contributed by atoms with van der Waals surface area (Å²) in [5, 5.41) is 3.04. The highest BCUT2D eigenvalue weighted by atomic mass is 16.5. The lowest BCUT2D eigenvalue weighted by atomic mass is 10.0. The van der Waals surface area contributed by atoms with Gasteiger partial charge in [-0.15, -0.1) is 0 Å². The summed E-state index contributed by atoms with van der Waals surface area (Å²) < 4.78 is 5.54. The third kappa shape index (κ3) is 4.41. The van der Waals surface area contributed by atoms with Gasteiger partial charge in [0.15, 0.2) is 0 Å². The molecule has 3 fully saturated rings. The Hall–Kier alpha value is -0.650. The van der Waals surface area contributed by atoms with Crippen molar-refractivity contribution < 1.29 is 9.53 Å². The smallest absolute Gasteiger partial charge is 0.234 e. The molecular weight excluding hydrogens is 266 g/mol. The van der Waals surface area contributed by atoms with E-state index in [2.05, 4.69) is 15.1 Å².